The summed E-state index contributed by atoms with van der Waals surface area (Å²) in [4.78, 5) is 16.1. The van der Waals surface area contributed by atoms with Gasteiger partial charge in [0.1, 0.15) is 11.6 Å². The Morgan fingerprint density at radius 3 is 2.46 bits per heavy atom. The number of carbonyl (C=O) groups is 1. The number of carbonyl (C=O) groups excluding carboxylic acids is 1. The van der Waals surface area contributed by atoms with Crippen molar-refractivity contribution in [1.29, 1.82) is 0 Å². The Hall–Kier alpha value is -3.41. The number of aromatic nitrogens is 1. The van der Waals surface area contributed by atoms with Crippen molar-refractivity contribution in [2.24, 2.45) is 0 Å². The Morgan fingerprint density at radius 2 is 1.77 bits per heavy atom. The number of nitrogens with one attached hydrogen (secondary N) is 2. The van der Waals surface area contributed by atoms with Gasteiger partial charge in [-0.3, -0.25) is 0 Å². The number of hydrogen-bond acceptors (Lipinski definition) is 3. The largest absolute Gasteiger partial charge is 0.439 e. The molecule has 0 fully saturated rings. The molecule has 2 amide bonds. The summed E-state index contributed by atoms with van der Waals surface area (Å²) in [6.07, 6.45) is 2.15. The number of rotatable bonds is 6. The monoisotopic (exact) mass is 351 g/mol. The molecule has 0 spiro atoms. The molecule has 3 aromatic rings. The third kappa shape index (κ3) is 5.31. The fourth-order valence-corrected chi connectivity index (χ4v) is 2.27. The highest BCUT2D eigenvalue weighted by molar-refractivity contribution is 5.89. The lowest BCUT2D eigenvalue weighted by atomic mass is 10.1. The molecule has 0 saturated carbocycles. The summed E-state index contributed by atoms with van der Waals surface area (Å²) < 4.78 is 18.4. The van der Waals surface area contributed by atoms with Gasteiger partial charge in [0.05, 0.1) is 11.9 Å². The first-order valence-corrected chi connectivity index (χ1v) is 8.17. The highest BCUT2D eigenvalue weighted by Gasteiger charge is 2.03. The minimum atomic E-state index is -0.328. The van der Waals surface area contributed by atoms with E-state index in [1.165, 1.54) is 18.3 Å². The molecule has 0 unspecified atom stereocenters. The third-order valence-electron chi connectivity index (χ3n) is 3.57. The van der Waals surface area contributed by atoms with Gasteiger partial charge >= 0.3 is 6.03 Å². The standard InChI is InChI=1S/C20H18FN3O2/c21-16-8-6-15(7-9-16)12-13-22-20(25)24-17-10-11-19(23-14-17)26-18-4-2-1-3-5-18/h1-11,14H,12-13H2,(H2,22,24,25). The van der Waals surface area contributed by atoms with E-state index in [4.69, 9.17) is 4.74 Å². The minimum Gasteiger partial charge on any atom is -0.439 e. The predicted molar refractivity (Wildman–Crippen MR) is 97.9 cm³/mol. The van der Waals surface area contributed by atoms with Crippen molar-refractivity contribution in [2.45, 2.75) is 6.42 Å². The SMILES string of the molecule is O=C(NCCc1ccc(F)cc1)Nc1ccc(Oc2ccccc2)nc1. The molecule has 5 nitrogen and oxygen atoms in total. The van der Waals surface area contributed by atoms with Gasteiger partial charge < -0.3 is 15.4 Å². The number of pyridine rings is 1. The van der Waals surface area contributed by atoms with E-state index in [1.54, 1.807) is 24.3 Å². The van der Waals surface area contributed by atoms with Crippen molar-refractivity contribution in [1.82, 2.24) is 10.3 Å². The van der Waals surface area contributed by atoms with Crippen LogP contribution in [0.3, 0.4) is 0 Å². The summed E-state index contributed by atoms with van der Waals surface area (Å²) in [6.45, 7) is 0.445. The van der Waals surface area contributed by atoms with Crippen LogP contribution in [-0.4, -0.2) is 17.6 Å². The van der Waals surface area contributed by atoms with E-state index in [-0.39, 0.29) is 11.8 Å². The first kappa shape index (κ1) is 17.4. The first-order valence-electron chi connectivity index (χ1n) is 8.17. The molecule has 0 aliphatic rings. The molecule has 0 saturated heterocycles. The van der Waals surface area contributed by atoms with Crippen molar-refractivity contribution in [3.63, 3.8) is 0 Å². The Labute approximate surface area is 150 Å². The maximum Gasteiger partial charge on any atom is 0.319 e. The second-order valence-corrected chi connectivity index (χ2v) is 5.56. The second kappa shape index (κ2) is 8.62. The van der Waals surface area contributed by atoms with E-state index in [9.17, 15) is 9.18 Å². The zero-order chi connectivity index (χ0) is 18.2. The number of halogens is 1. The summed E-state index contributed by atoms with van der Waals surface area (Å²) >= 11 is 0. The molecule has 0 radical (unpaired) electrons. The van der Waals surface area contributed by atoms with Gasteiger partial charge in [0, 0.05) is 12.6 Å². The van der Waals surface area contributed by atoms with Gasteiger partial charge in [-0.1, -0.05) is 30.3 Å². The molecule has 1 aromatic heterocycles. The van der Waals surface area contributed by atoms with Crippen LogP contribution in [0.5, 0.6) is 11.6 Å². The molecular weight excluding hydrogens is 333 g/mol. The van der Waals surface area contributed by atoms with Gasteiger partial charge in [-0.15, -0.1) is 0 Å². The van der Waals surface area contributed by atoms with E-state index in [0.29, 0.717) is 30.3 Å². The third-order valence-corrected chi connectivity index (χ3v) is 3.57. The summed E-state index contributed by atoms with van der Waals surface area (Å²) in [7, 11) is 0. The molecule has 6 heteroatoms. The van der Waals surface area contributed by atoms with E-state index in [2.05, 4.69) is 15.6 Å². The van der Waals surface area contributed by atoms with Crippen molar-refractivity contribution in [3.8, 4) is 11.6 Å². The predicted octanol–water partition coefficient (Wildman–Crippen LogP) is 4.38. The molecule has 132 valence electrons. The number of urea groups is 1. The lowest BCUT2D eigenvalue weighted by Gasteiger charge is -2.08. The zero-order valence-corrected chi connectivity index (χ0v) is 14.0. The molecule has 2 aromatic carbocycles. The highest BCUT2D eigenvalue weighted by Crippen LogP contribution is 2.19. The topological polar surface area (TPSA) is 63.2 Å². The van der Waals surface area contributed by atoms with Crippen LogP contribution in [0.25, 0.3) is 0 Å². The molecule has 0 aliphatic carbocycles. The second-order valence-electron chi connectivity index (χ2n) is 5.56. The van der Waals surface area contributed by atoms with Crippen LogP contribution in [-0.2, 0) is 6.42 Å². The van der Waals surface area contributed by atoms with Crippen LogP contribution >= 0.6 is 0 Å². The van der Waals surface area contributed by atoms with Crippen LogP contribution in [0.4, 0.5) is 14.9 Å². The minimum absolute atomic E-state index is 0.272. The highest BCUT2D eigenvalue weighted by atomic mass is 19.1. The lowest BCUT2D eigenvalue weighted by Crippen LogP contribution is -2.30. The number of nitrogens with zero attached hydrogens (tertiary/aromatic N) is 1. The summed E-state index contributed by atoms with van der Waals surface area (Å²) in [5.74, 6) is 0.865. The van der Waals surface area contributed by atoms with Crippen molar-refractivity contribution >= 4 is 11.7 Å². The van der Waals surface area contributed by atoms with Gasteiger partial charge in [0.25, 0.3) is 0 Å². The van der Waals surface area contributed by atoms with E-state index < -0.39 is 0 Å². The normalized spacial score (nSPS) is 10.2. The van der Waals surface area contributed by atoms with Crippen LogP contribution in [0, 0.1) is 5.82 Å². The molecule has 0 bridgehead atoms. The number of amides is 2. The Balaban J connectivity index is 1.44. The number of ether oxygens (including phenoxy) is 1. The smallest absolute Gasteiger partial charge is 0.319 e. The quantitative estimate of drug-likeness (QED) is 0.693. The first-order chi connectivity index (χ1) is 12.7. The van der Waals surface area contributed by atoms with Crippen LogP contribution in [0.15, 0.2) is 72.9 Å². The molecule has 0 aliphatic heterocycles. The fourth-order valence-electron chi connectivity index (χ4n) is 2.27. The number of para-hydroxylation sites is 1. The maximum atomic E-state index is 12.8. The fraction of sp³-hybridized carbons (Fsp3) is 0.100. The van der Waals surface area contributed by atoms with Gasteiger partial charge in [0.2, 0.25) is 5.88 Å². The molecule has 0 atom stereocenters. The summed E-state index contributed by atoms with van der Waals surface area (Å²) in [6, 6.07) is 18.6. The van der Waals surface area contributed by atoms with E-state index in [1.807, 2.05) is 30.3 Å². The van der Waals surface area contributed by atoms with Crippen molar-refractivity contribution < 1.29 is 13.9 Å². The molecular formula is C20H18FN3O2. The molecule has 2 N–H and O–H groups in total. The Morgan fingerprint density at radius 1 is 1.00 bits per heavy atom. The van der Waals surface area contributed by atoms with Gasteiger partial charge in [-0.25, -0.2) is 14.2 Å². The average Bonchev–Trinajstić information content (AvgIpc) is 2.66. The zero-order valence-electron chi connectivity index (χ0n) is 14.0. The van der Waals surface area contributed by atoms with Gasteiger partial charge in [0.15, 0.2) is 0 Å². The van der Waals surface area contributed by atoms with Crippen LogP contribution in [0.2, 0.25) is 0 Å². The van der Waals surface area contributed by atoms with E-state index >= 15 is 0 Å². The Bertz CT molecular complexity index is 837. The van der Waals surface area contributed by atoms with Gasteiger partial charge in [-0.2, -0.15) is 0 Å². The van der Waals surface area contributed by atoms with Gasteiger partial charge in [-0.05, 0) is 42.3 Å². The average molecular weight is 351 g/mol. The molecule has 3 rings (SSSR count). The van der Waals surface area contributed by atoms with Crippen molar-refractivity contribution in [2.75, 3.05) is 11.9 Å². The number of hydrogen-bond donors (Lipinski definition) is 2. The van der Waals surface area contributed by atoms with Crippen LogP contribution < -0.4 is 15.4 Å². The molecule has 26 heavy (non-hydrogen) atoms. The number of anilines is 1. The molecule has 1 heterocycles. The lowest BCUT2D eigenvalue weighted by molar-refractivity contribution is 0.252. The summed E-state index contributed by atoms with van der Waals surface area (Å²) in [5, 5.41) is 5.45. The summed E-state index contributed by atoms with van der Waals surface area (Å²) in [5.41, 5.74) is 1.51. The number of benzene rings is 2. The van der Waals surface area contributed by atoms with E-state index in [0.717, 1.165) is 5.56 Å². The van der Waals surface area contributed by atoms with Crippen molar-refractivity contribution in [3.05, 3.63) is 84.3 Å². The van der Waals surface area contributed by atoms with Crippen LogP contribution in [0.1, 0.15) is 5.56 Å². The maximum absolute atomic E-state index is 12.8. The Kier molecular flexibility index (Phi) is 5.77.